The first-order chi connectivity index (χ1) is 9.06. The maximum Gasteiger partial charge on any atom is 0.0342 e. The van der Waals surface area contributed by atoms with E-state index in [1.54, 1.807) is 0 Å². The number of hydrogen-bond acceptors (Lipinski definition) is 2. The second kappa shape index (κ2) is 6.42. The number of hydrogen-bond donors (Lipinski definition) is 1. The number of benzene rings is 1. The normalized spacial score (nSPS) is 23.9. The minimum Gasteiger partial charge on any atom is -0.382 e. The Morgan fingerprint density at radius 2 is 1.58 bits per heavy atom. The molecule has 0 amide bonds. The third-order valence-electron chi connectivity index (χ3n) is 4.38. The predicted octanol–water partition coefficient (Wildman–Crippen LogP) is 4.09. The first-order valence-corrected chi connectivity index (χ1v) is 7.59. The molecule has 0 saturated heterocycles. The Kier molecular flexibility index (Phi) is 4.87. The molecule has 2 rings (SSSR count). The molecule has 0 spiro atoms. The number of nitrogens with one attached hydrogen (secondary N) is 1. The summed E-state index contributed by atoms with van der Waals surface area (Å²) >= 11 is 0. The first kappa shape index (κ1) is 14.4. The summed E-state index contributed by atoms with van der Waals surface area (Å²) in [5.41, 5.74) is 2.69. The summed E-state index contributed by atoms with van der Waals surface area (Å²) < 4.78 is 0. The summed E-state index contributed by atoms with van der Waals surface area (Å²) in [4.78, 5) is 2.37. The molecule has 0 bridgehead atoms. The molecular weight excluding hydrogens is 232 g/mol. The quantitative estimate of drug-likeness (QED) is 0.877. The zero-order valence-electron chi connectivity index (χ0n) is 12.8. The smallest absolute Gasteiger partial charge is 0.0342 e. The fourth-order valence-corrected chi connectivity index (χ4v) is 2.94. The lowest BCUT2D eigenvalue weighted by Crippen LogP contribution is -2.36. The zero-order chi connectivity index (χ0) is 13.8. The summed E-state index contributed by atoms with van der Waals surface area (Å²) in [5.74, 6) is 0.615. The van der Waals surface area contributed by atoms with Crippen molar-refractivity contribution in [3.63, 3.8) is 0 Å². The van der Waals surface area contributed by atoms with E-state index < -0.39 is 0 Å². The Bertz CT molecular complexity index is 373. The maximum atomic E-state index is 3.69. The van der Waals surface area contributed by atoms with Crippen LogP contribution in [0.2, 0.25) is 0 Å². The van der Waals surface area contributed by atoms with Crippen molar-refractivity contribution in [2.45, 2.75) is 57.5 Å². The van der Waals surface area contributed by atoms with Crippen LogP contribution in [0, 0.1) is 0 Å². The van der Waals surface area contributed by atoms with Gasteiger partial charge in [-0.3, -0.25) is 0 Å². The van der Waals surface area contributed by atoms with E-state index in [4.69, 9.17) is 0 Å². The molecule has 1 aliphatic carbocycles. The van der Waals surface area contributed by atoms with Crippen molar-refractivity contribution in [2.75, 3.05) is 19.4 Å². The Morgan fingerprint density at radius 3 is 2.05 bits per heavy atom. The Morgan fingerprint density at radius 1 is 1.00 bits per heavy atom. The highest BCUT2D eigenvalue weighted by Gasteiger charge is 2.22. The second-order valence-electron chi connectivity index (χ2n) is 6.39. The molecule has 19 heavy (non-hydrogen) atoms. The average Bonchev–Trinajstić information content (AvgIpc) is 2.40. The lowest BCUT2D eigenvalue weighted by molar-refractivity contribution is 0.221. The van der Waals surface area contributed by atoms with Crippen molar-refractivity contribution in [1.82, 2.24) is 4.90 Å². The van der Waals surface area contributed by atoms with Gasteiger partial charge in [0.1, 0.15) is 0 Å². The van der Waals surface area contributed by atoms with Gasteiger partial charge >= 0.3 is 0 Å². The summed E-state index contributed by atoms with van der Waals surface area (Å²) in [7, 11) is 4.39. The van der Waals surface area contributed by atoms with E-state index in [1.807, 2.05) is 0 Å². The molecule has 0 aliphatic heterocycles. The summed E-state index contributed by atoms with van der Waals surface area (Å²) in [5, 5.41) is 3.69. The molecule has 1 aromatic carbocycles. The maximum absolute atomic E-state index is 3.69. The van der Waals surface area contributed by atoms with Crippen LogP contribution in [-0.2, 0) is 0 Å². The first-order valence-electron chi connectivity index (χ1n) is 7.59. The van der Waals surface area contributed by atoms with Crippen LogP contribution in [-0.4, -0.2) is 31.1 Å². The fraction of sp³-hybridized carbons (Fsp3) is 0.647. The standard InChI is InChI=1S/C17H28N2/c1-13(2)14-5-7-15(8-6-14)18-16-9-11-17(12-10-16)19(3)4/h5-8,13,16-18H,9-12H2,1-4H3. The summed E-state index contributed by atoms with van der Waals surface area (Å²) in [6.07, 6.45) is 5.20. The van der Waals surface area contributed by atoms with Crippen LogP contribution in [0.1, 0.15) is 51.0 Å². The van der Waals surface area contributed by atoms with Gasteiger partial charge in [-0.15, -0.1) is 0 Å². The van der Waals surface area contributed by atoms with Crippen molar-refractivity contribution in [3.05, 3.63) is 29.8 Å². The molecule has 106 valence electrons. The van der Waals surface area contributed by atoms with Gasteiger partial charge in [0.2, 0.25) is 0 Å². The average molecular weight is 260 g/mol. The topological polar surface area (TPSA) is 15.3 Å². The highest BCUT2D eigenvalue weighted by atomic mass is 15.1. The van der Waals surface area contributed by atoms with Gasteiger partial charge in [0.05, 0.1) is 0 Å². The van der Waals surface area contributed by atoms with Crippen LogP contribution in [0.3, 0.4) is 0 Å². The van der Waals surface area contributed by atoms with E-state index in [1.165, 1.54) is 36.9 Å². The van der Waals surface area contributed by atoms with Gasteiger partial charge in [-0.1, -0.05) is 26.0 Å². The van der Waals surface area contributed by atoms with Gasteiger partial charge in [-0.05, 0) is 63.4 Å². The van der Waals surface area contributed by atoms with Crippen molar-refractivity contribution in [2.24, 2.45) is 0 Å². The van der Waals surface area contributed by atoms with E-state index in [9.17, 15) is 0 Å². The molecule has 1 N–H and O–H groups in total. The molecule has 1 aromatic rings. The van der Waals surface area contributed by atoms with Crippen LogP contribution in [0.25, 0.3) is 0 Å². The van der Waals surface area contributed by atoms with E-state index in [0.29, 0.717) is 12.0 Å². The van der Waals surface area contributed by atoms with Crippen molar-refractivity contribution in [1.29, 1.82) is 0 Å². The lowest BCUT2D eigenvalue weighted by atomic mass is 9.90. The minimum atomic E-state index is 0.615. The van der Waals surface area contributed by atoms with Crippen LogP contribution in [0.4, 0.5) is 5.69 Å². The predicted molar refractivity (Wildman–Crippen MR) is 83.9 cm³/mol. The summed E-state index contributed by atoms with van der Waals surface area (Å²) in [6.45, 7) is 4.48. The number of nitrogens with zero attached hydrogens (tertiary/aromatic N) is 1. The third-order valence-corrected chi connectivity index (χ3v) is 4.38. The van der Waals surface area contributed by atoms with Crippen molar-refractivity contribution in [3.8, 4) is 0 Å². The lowest BCUT2D eigenvalue weighted by Gasteiger charge is -2.33. The molecule has 2 nitrogen and oxygen atoms in total. The Hall–Kier alpha value is -1.02. The van der Waals surface area contributed by atoms with Crippen LogP contribution in [0.15, 0.2) is 24.3 Å². The summed E-state index contributed by atoms with van der Waals surface area (Å²) in [6, 6.07) is 10.4. The molecule has 1 fully saturated rings. The molecule has 0 heterocycles. The van der Waals surface area contributed by atoms with Gasteiger partial charge in [-0.2, -0.15) is 0 Å². The highest BCUT2D eigenvalue weighted by molar-refractivity contribution is 5.46. The molecule has 1 aliphatic rings. The molecule has 0 atom stereocenters. The molecule has 1 saturated carbocycles. The van der Waals surface area contributed by atoms with Crippen LogP contribution < -0.4 is 5.32 Å². The van der Waals surface area contributed by atoms with E-state index in [2.05, 4.69) is 62.4 Å². The molecule has 0 radical (unpaired) electrons. The number of anilines is 1. The van der Waals surface area contributed by atoms with Gasteiger partial charge < -0.3 is 10.2 Å². The fourth-order valence-electron chi connectivity index (χ4n) is 2.94. The van der Waals surface area contributed by atoms with Gasteiger partial charge in [0, 0.05) is 17.8 Å². The van der Waals surface area contributed by atoms with Crippen molar-refractivity contribution >= 4 is 5.69 Å². The van der Waals surface area contributed by atoms with E-state index >= 15 is 0 Å². The number of rotatable bonds is 4. The molecule has 2 heteroatoms. The van der Waals surface area contributed by atoms with Crippen LogP contribution >= 0.6 is 0 Å². The SMILES string of the molecule is CC(C)c1ccc(NC2CCC(N(C)C)CC2)cc1. The largest absolute Gasteiger partial charge is 0.382 e. The Labute approximate surface area is 118 Å². The van der Waals surface area contributed by atoms with Gasteiger partial charge in [0.25, 0.3) is 0 Å². The highest BCUT2D eigenvalue weighted by Crippen LogP contribution is 2.25. The molecule has 0 aromatic heterocycles. The minimum absolute atomic E-state index is 0.615. The van der Waals surface area contributed by atoms with Gasteiger partial charge in [0.15, 0.2) is 0 Å². The van der Waals surface area contributed by atoms with E-state index in [0.717, 1.165) is 6.04 Å². The molecule has 0 unspecified atom stereocenters. The van der Waals surface area contributed by atoms with Crippen LogP contribution in [0.5, 0.6) is 0 Å². The third kappa shape index (κ3) is 3.97. The second-order valence-corrected chi connectivity index (χ2v) is 6.39. The monoisotopic (exact) mass is 260 g/mol. The Balaban J connectivity index is 1.85. The molecular formula is C17H28N2. The van der Waals surface area contributed by atoms with Crippen molar-refractivity contribution < 1.29 is 0 Å². The van der Waals surface area contributed by atoms with E-state index in [-0.39, 0.29) is 0 Å². The van der Waals surface area contributed by atoms with Gasteiger partial charge in [-0.25, -0.2) is 0 Å². The zero-order valence-corrected chi connectivity index (χ0v) is 12.8.